The molecular weight excluding hydrogens is 240 g/mol. The molecular formula is C13H9ClO3. The van der Waals surface area contributed by atoms with Crippen LogP contribution in [-0.4, -0.2) is 11.1 Å². The van der Waals surface area contributed by atoms with E-state index < -0.39 is 5.97 Å². The number of aromatic carboxylic acids is 1. The molecule has 2 aromatic rings. The first-order chi connectivity index (χ1) is 8.16. The Kier molecular flexibility index (Phi) is 3.30. The molecule has 1 aromatic heterocycles. The van der Waals surface area contributed by atoms with Crippen LogP contribution in [0.3, 0.4) is 0 Å². The van der Waals surface area contributed by atoms with Gasteiger partial charge < -0.3 is 9.52 Å². The van der Waals surface area contributed by atoms with Gasteiger partial charge in [-0.1, -0.05) is 29.8 Å². The van der Waals surface area contributed by atoms with Crippen LogP contribution in [0.25, 0.3) is 12.2 Å². The van der Waals surface area contributed by atoms with Gasteiger partial charge in [-0.05, 0) is 35.9 Å². The predicted molar refractivity (Wildman–Crippen MR) is 66.0 cm³/mol. The Morgan fingerprint density at radius 1 is 1.18 bits per heavy atom. The summed E-state index contributed by atoms with van der Waals surface area (Å²) in [6.45, 7) is 0. The van der Waals surface area contributed by atoms with E-state index in [1.807, 2.05) is 18.2 Å². The molecule has 1 aromatic carbocycles. The molecule has 4 heteroatoms. The van der Waals surface area contributed by atoms with Gasteiger partial charge in [-0.25, -0.2) is 4.79 Å². The van der Waals surface area contributed by atoms with Crippen LogP contribution in [0.5, 0.6) is 0 Å². The number of rotatable bonds is 3. The largest absolute Gasteiger partial charge is 0.475 e. The zero-order valence-corrected chi connectivity index (χ0v) is 9.52. The van der Waals surface area contributed by atoms with Gasteiger partial charge in [0.05, 0.1) is 0 Å². The lowest BCUT2D eigenvalue weighted by atomic mass is 10.2. The van der Waals surface area contributed by atoms with Gasteiger partial charge >= 0.3 is 5.97 Å². The molecule has 0 saturated carbocycles. The van der Waals surface area contributed by atoms with E-state index in [1.165, 1.54) is 6.07 Å². The number of benzene rings is 1. The Balaban J connectivity index is 2.20. The van der Waals surface area contributed by atoms with E-state index in [9.17, 15) is 4.79 Å². The van der Waals surface area contributed by atoms with Crippen LogP contribution in [0.1, 0.15) is 21.9 Å². The average Bonchev–Trinajstić information content (AvgIpc) is 2.77. The van der Waals surface area contributed by atoms with Crippen molar-refractivity contribution in [2.75, 3.05) is 0 Å². The molecule has 1 heterocycles. The Labute approximate surface area is 103 Å². The third-order valence-corrected chi connectivity index (χ3v) is 2.51. The highest BCUT2D eigenvalue weighted by Gasteiger charge is 2.06. The second-order valence-corrected chi connectivity index (χ2v) is 3.77. The van der Waals surface area contributed by atoms with Crippen LogP contribution in [-0.2, 0) is 0 Å². The SMILES string of the molecule is O=C(O)c1ccc(/C=C/c2ccccc2Cl)o1. The summed E-state index contributed by atoms with van der Waals surface area (Å²) >= 11 is 5.97. The molecule has 0 spiro atoms. The second-order valence-electron chi connectivity index (χ2n) is 3.36. The van der Waals surface area contributed by atoms with Gasteiger partial charge in [0.25, 0.3) is 0 Å². The minimum absolute atomic E-state index is 0.0798. The zero-order valence-electron chi connectivity index (χ0n) is 8.76. The van der Waals surface area contributed by atoms with Gasteiger partial charge in [0, 0.05) is 5.02 Å². The maximum absolute atomic E-state index is 10.6. The summed E-state index contributed by atoms with van der Waals surface area (Å²) in [6.07, 6.45) is 3.44. The maximum Gasteiger partial charge on any atom is 0.371 e. The van der Waals surface area contributed by atoms with Gasteiger partial charge in [-0.2, -0.15) is 0 Å². The molecule has 0 radical (unpaired) electrons. The summed E-state index contributed by atoms with van der Waals surface area (Å²) in [5.41, 5.74) is 0.849. The van der Waals surface area contributed by atoms with Crippen molar-refractivity contribution in [1.29, 1.82) is 0 Å². The Hall–Kier alpha value is -2.00. The van der Waals surface area contributed by atoms with Gasteiger partial charge in [0.2, 0.25) is 5.76 Å². The summed E-state index contributed by atoms with van der Waals surface area (Å²) in [4.78, 5) is 10.6. The first-order valence-corrected chi connectivity index (χ1v) is 5.30. The molecule has 0 fully saturated rings. The molecule has 3 nitrogen and oxygen atoms in total. The minimum Gasteiger partial charge on any atom is -0.475 e. The molecule has 17 heavy (non-hydrogen) atoms. The fraction of sp³-hybridized carbons (Fsp3) is 0. The first-order valence-electron chi connectivity index (χ1n) is 4.92. The van der Waals surface area contributed by atoms with Crippen LogP contribution < -0.4 is 0 Å². The van der Waals surface area contributed by atoms with E-state index in [1.54, 1.807) is 24.3 Å². The van der Waals surface area contributed by atoms with E-state index >= 15 is 0 Å². The second kappa shape index (κ2) is 4.89. The molecule has 0 aliphatic carbocycles. The molecule has 0 amide bonds. The lowest BCUT2D eigenvalue weighted by Gasteiger charge is -1.95. The lowest BCUT2D eigenvalue weighted by Crippen LogP contribution is -1.91. The van der Waals surface area contributed by atoms with Gasteiger partial charge in [-0.15, -0.1) is 0 Å². The topological polar surface area (TPSA) is 50.4 Å². The standard InChI is InChI=1S/C13H9ClO3/c14-11-4-2-1-3-9(11)5-6-10-7-8-12(17-10)13(15)16/h1-8H,(H,15,16)/b6-5+. The smallest absolute Gasteiger partial charge is 0.371 e. The third kappa shape index (κ3) is 2.77. The highest BCUT2D eigenvalue weighted by molar-refractivity contribution is 6.32. The quantitative estimate of drug-likeness (QED) is 0.899. The molecule has 0 unspecified atom stereocenters. The number of carboxylic acid groups (broad SMARTS) is 1. The molecule has 0 bridgehead atoms. The van der Waals surface area contributed by atoms with Crippen LogP contribution >= 0.6 is 11.6 Å². The summed E-state index contributed by atoms with van der Waals surface area (Å²) in [7, 11) is 0. The highest BCUT2D eigenvalue weighted by atomic mass is 35.5. The summed E-state index contributed by atoms with van der Waals surface area (Å²) < 4.78 is 5.08. The number of furan rings is 1. The van der Waals surface area contributed by atoms with Crippen molar-refractivity contribution < 1.29 is 14.3 Å². The van der Waals surface area contributed by atoms with E-state index in [0.29, 0.717) is 10.8 Å². The van der Waals surface area contributed by atoms with Crippen molar-refractivity contribution in [3.8, 4) is 0 Å². The fourth-order valence-electron chi connectivity index (χ4n) is 1.34. The van der Waals surface area contributed by atoms with Crippen LogP contribution in [0.2, 0.25) is 5.02 Å². The van der Waals surface area contributed by atoms with Crippen molar-refractivity contribution in [3.05, 3.63) is 58.5 Å². The number of hydrogen-bond acceptors (Lipinski definition) is 2. The molecule has 0 aliphatic rings. The van der Waals surface area contributed by atoms with Crippen molar-refractivity contribution >= 4 is 29.7 Å². The summed E-state index contributed by atoms with van der Waals surface area (Å²) in [5.74, 6) is -0.687. The molecule has 0 atom stereocenters. The summed E-state index contributed by atoms with van der Waals surface area (Å²) in [5, 5.41) is 9.32. The van der Waals surface area contributed by atoms with Gasteiger partial charge in [0.15, 0.2) is 0 Å². The predicted octanol–water partition coefficient (Wildman–Crippen LogP) is 3.80. The Morgan fingerprint density at radius 2 is 1.94 bits per heavy atom. The normalized spacial score (nSPS) is 10.9. The molecule has 0 saturated heterocycles. The number of halogens is 1. The van der Waals surface area contributed by atoms with Crippen molar-refractivity contribution in [2.24, 2.45) is 0 Å². The van der Waals surface area contributed by atoms with Crippen molar-refractivity contribution in [1.82, 2.24) is 0 Å². The van der Waals surface area contributed by atoms with Crippen LogP contribution in [0.15, 0.2) is 40.8 Å². The number of hydrogen-bond donors (Lipinski definition) is 1. The molecule has 0 aliphatic heterocycles. The highest BCUT2D eigenvalue weighted by Crippen LogP contribution is 2.18. The van der Waals surface area contributed by atoms with E-state index in [0.717, 1.165) is 5.56 Å². The van der Waals surface area contributed by atoms with Crippen LogP contribution in [0, 0.1) is 0 Å². The molecule has 1 N–H and O–H groups in total. The van der Waals surface area contributed by atoms with E-state index in [-0.39, 0.29) is 5.76 Å². The number of carboxylic acids is 1. The van der Waals surface area contributed by atoms with E-state index in [4.69, 9.17) is 21.1 Å². The fourth-order valence-corrected chi connectivity index (χ4v) is 1.54. The Morgan fingerprint density at radius 3 is 2.59 bits per heavy atom. The lowest BCUT2D eigenvalue weighted by molar-refractivity contribution is 0.0662. The average molecular weight is 249 g/mol. The third-order valence-electron chi connectivity index (χ3n) is 2.17. The maximum atomic E-state index is 10.6. The van der Waals surface area contributed by atoms with Gasteiger partial charge in [0.1, 0.15) is 5.76 Å². The molecule has 86 valence electrons. The van der Waals surface area contributed by atoms with Crippen LogP contribution in [0.4, 0.5) is 0 Å². The molecule has 2 rings (SSSR count). The van der Waals surface area contributed by atoms with Crippen molar-refractivity contribution in [2.45, 2.75) is 0 Å². The minimum atomic E-state index is -1.08. The Bertz CT molecular complexity index is 570. The first kappa shape index (κ1) is 11.5. The van der Waals surface area contributed by atoms with E-state index in [2.05, 4.69) is 0 Å². The zero-order chi connectivity index (χ0) is 12.3. The number of carbonyl (C=O) groups is 1. The van der Waals surface area contributed by atoms with Crippen molar-refractivity contribution in [3.63, 3.8) is 0 Å². The van der Waals surface area contributed by atoms with Gasteiger partial charge in [-0.3, -0.25) is 0 Å². The monoisotopic (exact) mass is 248 g/mol. The summed E-state index contributed by atoms with van der Waals surface area (Å²) in [6, 6.07) is 10.4.